The molecule has 0 radical (unpaired) electrons. The van der Waals surface area contributed by atoms with Crippen molar-refractivity contribution in [2.45, 2.75) is 25.9 Å². The Bertz CT molecular complexity index is 457. The Labute approximate surface area is 111 Å². The summed E-state index contributed by atoms with van der Waals surface area (Å²) in [6, 6.07) is 5.57. The standard InChI is InChI=1S/C12H16ClN3O2/c1-8-6-15(7-9(2)14-8)12-5-10(13)3-4-11(12)16(17)18/h3-5,8-9,14H,6-7H2,1-2H3/p+1/t8-,9-/m0/s1. The second kappa shape index (κ2) is 5.12. The maximum atomic E-state index is 11.1. The summed E-state index contributed by atoms with van der Waals surface area (Å²) in [5.74, 6) is 0. The van der Waals surface area contributed by atoms with Gasteiger partial charge in [0.1, 0.15) is 17.8 Å². The van der Waals surface area contributed by atoms with E-state index in [9.17, 15) is 10.1 Å². The number of benzene rings is 1. The Morgan fingerprint density at radius 3 is 2.56 bits per heavy atom. The smallest absolute Gasteiger partial charge is 0.292 e. The zero-order valence-electron chi connectivity index (χ0n) is 10.5. The fraction of sp³-hybridized carbons (Fsp3) is 0.500. The van der Waals surface area contributed by atoms with Crippen LogP contribution in [0.15, 0.2) is 18.2 Å². The number of halogens is 1. The van der Waals surface area contributed by atoms with Crippen LogP contribution in [0.3, 0.4) is 0 Å². The molecule has 98 valence electrons. The van der Waals surface area contributed by atoms with Gasteiger partial charge in [-0.2, -0.15) is 0 Å². The first-order valence-electron chi connectivity index (χ1n) is 6.01. The largest absolute Gasteiger partial charge is 0.354 e. The molecule has 0 bridgehead atoms. The van der Waals surface area contributed by atoms with Gasteiger partial charge in [0, 0.05) is 11.1 Å². The third-order valence-electron chi connectivity index (χ3n) is 3.15. The molecule has 1 aromatic rings. The van der Waals surface area contributed by atoms with Crippen LogP contribution in [0.4, 0.5) is 11.4 Å². The maximum Gasteiger partial charge on any atom is 0.292 e. The zero-order chi connectivity index (χ0) is 13.3. The molecular formula is C12H17ClN3O2+. The summed E-state index contributed by atoms with van der Waals surface area (Å²) in [4.78, 5) is 12.8. The number of anilines is 1. The third kappa shape index (κ3) is 2.73. The van der Waals surface area contributed by atoms with Gasteiger partial charge < -0.3 is 10.2 Å². The minimum atomic E-state index is -0.348. The summed E-state index contributed by atoms with van der Waals surface area (Å²) in [6.45, 7) is 5.84. The first-order chi connectivity index (χ1) is 8.47. The number of nitrogens with two attached hydrogens (primary N) is 1. The average Bonchev–Trinajstić information content (AvgIpc) is 2.27. The maximum absolute atomic E-state index is 11.1. The molecule has 0 aliphatic carbocycles. The van der Waals surface area contributed by atoms with E-state index in [-0.39, 0.29) is 10.6 Å². The second-order valence-corrected chi connectivity index (χ2v) is 5.38. The van der Waals surface area contributed by atoms with E-state index in [0.29, 0.717) is 22.8 Å². The highest BCUT2D eigenvalue weighted by Gasteiger charge is 2.28. The van der Waals surface area contributed by atoms with Crippen molar-refractivity contribution in [3.05, 3.63) is 33.3 Å². The van der Waals surface area contributed by atoms with E-state index in [1.54, 1.807) is 12.1 Å². The van der Waals surface area contributed by atoms with E-state index < -0.39 is 0 Å². The van der Waals surface area contributed by atoms with Gasteiger partial charge in [0.05, 0.1) is 18.0 Å². The Hall–Kier alpha value is -1.33. The number of quaternary nitrogens is 1. The van der Waals surface area contributed by atoms with Crippen molar-refractivity contribution in [3.8, 4) is 0 Å². The topological polar surface area (TPSA) is 63.0 Å². The highest BCUT2D eigenvalue weighted by Crippen LogP contribution is 2.31. The van der Waals surface area contributed by atoms with Gasteiger partial charge >= 0.3 is 0 Å². The van der Waals surface area contributed by atoms with Gasteiger partial charge in [-0.15, -0.1) is 0 Å². The fourth-order valence-electron chi connectivity index (χ4n) is 2.55. The molecule has 1 aliphatic rings. The molecule has 2 rings (SSSR count). The molecule has 6 heteroatoms. The predicted molar refractivity (Wildman–Crippen MR) is 71.2 cm³/mol. The quantitative estimate of drug-likeness (QED) is 0.653. The van der Waals surface area contributed by atoms with Gasteiger partial charge in [-0.05, 0) is 26.0 Å². The lowest BCUT2D eigenvalue weighted by atomic mass is 10.1. The molecule has 1 aromatic carbocycles. The van der Waals surface area contributed by atoms with Crippen molar-refractivity contribution in [2.75, 3.05) is 18.0 Å². The van der Waals surface area contributed by atoms with Crippen LogP contribution in [0, 0.1) is 10.1 Å². The zero-order valence-corrected chi connectivity index (χ0v) is 11.2. The summed E-state index contributed by atoms with van der Waals surface area (Å²) in [5, 5.41) is 13.9. The van der Waals surface area contributed by atoms with Gasteiger partial charge in [0.2, 0.25) is 0 Å². The fourth-order valence-corrected chi connectivity index (χ4v) is 2.72. The van der Waals surface area contributed by atoms with Crippen molar-refractivity contribution in [1.29, 1.82) is 0 Å². The van der Waals surface area contributed by atoms with Crippen LogP contribution in [-0.4, -0.2) is 30.1 Å². The van der Waals surface area contributed by atoms with Crippen molar-refractivity contribution in [1.82, 2.24) is 0 Å². The first kappa shape index (κ1) is 13.1. The Balaban J connectivity index is 2.36. The molecule has 0 aromatic heterocycles. The van der Waals surface area contributed by atoms with Crippen molar-refractivity contribution in [2.24, 2.45) is 0 Å². The number of hydrogen-bond acceptors (Lipinski definition) is 3. The Morgan fingerprint density at radius 1 is 1.39 bits per heavy atom. The Morgan fingerprint density at radius 2 is 2.00 bits per heavy atom. The van der Waals surface area contributed by atoms with Crippen LogP contribution in [0.25, 0.3) is 0 Å². The van der Waals surface area contributed by atoms with Crippen LogP contribution in [0.2, 0.25) is 5.02 Å². The molecule has 0 saturated carbocycles. The van der Waals surface area contributed by atoms with Gasteiger partial charge in [0.25, 0.3) is 5.69 Å². The molecule has 2 atom stereocenters. The van der Waals surface area contributed by atoms with E-state index in [0.717, 1.165) is 13.1 Å². The highest BCUT2D eigenvalue weighted by atomic mass is 35.5. The van der Waals surface area contributed by atoms with E-state index in [1.165, 1.54) is 6.07 Å². The predicted octanol–water partition coefficient (Wildman–Crippen LogP) is 1.41. The summed E-state index contributed by atoms with van der Waals surface area (Å²) >= 11 is 5.96. The molecule has 0 spiro atoms. The van der Waals surface area contributed by atoms with Gasteiger partial charge in [-0.3, -0.25) is 10.1 Å². The van der Waals surface area contributed by atoms with Crippen molar-refractivity contribution >= 4 is 23.0 Å². The van der Waals surface area contributed by atoms with Crippen LogP contribution in [0.5, 0.6) is 0 Å². The first-order valence-corrected chi connectivity index (χ1v) is 6.39. The monoisotopic (exact) mass is 270 g/mol. The van der Waals surface area contributed by atoms with Crippen LogP contribution in [-0.2, 0) is 0 Å². The lowest BCUT2D eigenvalue weighted by Gasteiger charge is -2.34. The van der Waals surface area contributed by atoms with Crippen LogP contribution >= 0.6 is 11.6 Å². The van der Waals surface area contributed by atoms with Crippen LogP contribution < -0.4 is 10.2 Å². The van der Waals surface area contributed by atoms with E-state index in [1.807, 2.05) is 0 Å². The number of nitrogens with zero attached hydrogens (tertiary/aromatic N) is 2. The highest BCUT2D eigenvalue weighted by molar-refractivity contribution is 6.31. The average molecular weight is 271 g/mol. The number of nitro groups is 1. The minimum absolute atomic E-state index is 0.126. The lowest BCUT2D eigenvalue weighted by Crippen LogP contribution is -2.99. The number of piperazine rings is 1. The van der Waals surface area contributed by atoms with Crippen LogP contribution in [0.1, 0.15) is 13.8 Å². The van der Waals surface area contributed by atoms with E-state index >= 15 is 0 Å². The molecular weight excluding hydrogens is 254 g/mol. The minimum Gasteiger partial charge on any atom is -0.354 e. The molecule has 1 fully saturated rings. The number of rotatable bonds is 2. The third-order valence-corrected chi connectivity index (χ3v) is 3.38. The van der Waals surface area contributed by atoms with Crippen molar-refractivity contribution in [3.63, 3.8) is 0 Å². The van der Waals surface area contributed by atoms with Gasteiger partial charge in [-0.25, -0.2) is 0 Å². The van der Waals surface area contributed by atoms with Gasteiger partial charge in [0.15, 0.2) is 0 Å². The van der Waals surface area contributed by atoms with E-state index in [4.69, 9.17) is 11.6 Å². The second-order valence-electron chi connectivity index (χ2n) is 4.94. The molecule has 0 amide bonds. The van der Waals surface area contributed by atoms with Gasteiger partial charge in [-0.1, -0.05) is 11.6 Å². The molecule has 5 nitrogen and oxygen atoms in total. The SMILES string of the molecule is C[C@H]1CN(c2cc(Cl)ccc2[N+](=O)[O-])C[C@H](C)[NH2+]1. The van der Waals surface area contributed by atoms with Crippen molar-refractivity contribution < 1.29 is 10.2 Å². The molecule has 1 aliphatic heterocycles. The molecule has 0 unspecified atom stereocenters. The normalized spacial score (nSPS) is 24.1. The molecule has 1 heterocycles. The molecule has 18 heavy (non-hydrogen) atoms. The summed E-state index contributed by atoms with van der Waals surface area (Å²) in [6.07, 6.45) is 0. The summed E-state index contributed by atoms with van der Waals surface area (Å²) in [5.41, 5.74) is 0.750. The lowest BCUT2D eigenvalue weighted by molar-refractivity contribution is -0.716. The summed E-state index contributed by atoms with van der Waals surface area (Å²) < 4.78 is 0. The van der Waals surface area contributed by atoms with E-state index in [2.05, 4.69) is 24.1 Å². The number of hydrogen-bond donors (Lipinski definition) is 1. The number of nitro benzene ring substituents is 1. The Kier molecular flexibility index (Phi) is 3.73. The summed E-state index contributed by atoms with van der Waals surface area (Å²) in [7, 11) is 0. The molecule has 2 N–H and O–H groups in total. The molecule has 1 saturated heterocycles.